The van der Waals surface area contributed by atoms with Crippen molar-refractivity contribution < 1.29 is 23.2 Å². The zero-order valence-electron chi connectivity index (χ0n) is 11.1. The van der Waals surface area contributed by atoms with Gasteiger partial charge in [-0.25, -0.2) is 13.1 Å². The topological polar surface area (TPSA) is 119 Å². The van der Waals surface area contributed by atoms with Crippen LogP contribution >= 0.6 is 0 Å². The van der Waals surface area contributed by atoms with Crippen LogP contribution in [0, 0.1) is 16.0 Å². The van der Waals surface area contributed by atoms with Gasteiger partial charge in [0.2, 0.25) is 10.0 Å². The number of hydrogen-bond acceptors (Lipinski definition) is 6. The molecule has 9 heteroatoms. The molecule has 0 aromatic heterocycles. The third kappa shape index (κ3) is 4.15. The van der Waals surface area contributed by atoms with E-state index in [0.29, 0.717) is 6.61 Å². The summed E-state index contributed by atoms with van der Waals surface area (Å²) in [5.74, 6) is -0.622. The number of phenolic OH excluding ortho intramolecular Hbond substituents is 1. The normalized spacial score (nSPS) is 13.1. The molecule has 0 saturated carbocycles. The summed E-state index contributed by atoms with van der Waals surface area (Å²) in [7, 11) is -2.36. The van der Waals surface area contributed by atoms with Crippen molar-refractivity contribution in [3.05, 3.63) is 28.3 Å². The number of nitro benzene ring substituents is 1. The van der Waals surface area contributed by atoms with Crippen molar-refractivity contribution in [1.82, 2.24) is 4.72 Å². The lowest BCUT2D eigenvalue weighted by atomic mass is 10.2. The van der Waals surface area contributed by atoms with Gasteiger partial charge >= 0.3 is 5.69 Å². The molecule has 0 amide bonds. The van der Waals surface area contributed by atoms with E-state index in [9.17, 15) is 23.6 Å². The van der Waals surface area contributed by atoms with Crippen LogP contribution in [-0.4, -0.2) is 38.7 Å². The van der Waals surface area contributed by atoms with Gasteiger partial charge in [-0.3, -0.25) is 10.1 Å². The summed E-state index contributed by atoms with van der Waals surface area (Å²) in [5.41, 5.74) is -0.655. The average molecular weight is 304 g/mol. The first-order chi connectivity index (χ1) is 9.27. The summed E-state index contributed by atoms with van der Waals surface area (Å²) in [5, 5.41) is 20.0. The molecular weight excluding hydrogens is 288 g/mol. The fourth-order valence-electron chi connectivity index (χ4n) is 1.50. The molecule has 0 aliphatic carbocycles. The first-order valence-corrected chi connectivity index (χ1v) is 7.22. The predicted octanol–water partition coefficient (Wildman–Crippen LogP) is 0.861. The van der Waals surface area contributed by atoms with Crippen LogP contribution in [-0.2, 0) is 14.8 Å². The Balaban J connectivity index is 2.93. The Labute approximate surface area is 116 Å². The number of sulfonamides is 1. The summed E-state index contributed by atoms with van der Waals surface area (Å²) in [4.78, 5) is 9.55. The Morgan fingerprint density at radius 2 is 2.15 bits per heavy atom. The minimum atomic E-state index is -3.87. The lowest BCUT2D eigenvalue weighted by Crippen LogP contribution is -2.30. The predicted molar refractivity (Wildman–Crippen MR) is 71.0 cm³/mol. The summed E-state index contributed by atoms with van der Waals surface area (Å²) < 4.78 is 31.2. The lowest BCUT2D eigenvalue weighted by Gasteiger charge is -2.12. The summed E-state index contributed by atoms with van der Waals surface area (Å²) >= 11 is 0. The summed E-state index contributed by atoms with van der Waals surface area (Å²) in [6.07, 6.45) is 0. The van der Waals surface area contributed by atoms with Crippen molar-refractivity contribution in [3.63, 3.8) is 0 Å². The molecule has 1 atom stereocenters. The van der Waals surface area contributed by atoms with Gasteiger partial charge in [0, 0.05) is 26.3 Å². The van der Waals surface area contributed by atoms with Crippen LogP contribution in [0.25, 0.3) is 0 Å². The molecule has 2 N–H and O–H groups in total. The van der Waals surface area contributed by atoms with Crippen LogP contribution < -0.4 is 4.72 Å². The Morgan fingerprint density at radius 1 is 1.50 bits per heavy atom. The molecule has 112 valence electrons. The number of methoxy groups -OCH3 is 1. The molecule has 1 aromatic rings. The van der Waals surface area contributed by atoms with E-state index < -0.39 is 26.4 Å². The third-order valence-corrected chi connectivity index (χ3v) is 3.95. The maximum Gasteiger partial charge on any atom is 0.312 e. The maximum atomic E-state index is 12.0. The molecule has 0 aliphatic heterocycles. The monoisotopic (exact) mass is 304 g/mol. The Bertz CT molecular complexity index is 587. The number of hydrogen-bond donors (Lipinski definition) is 2. The highest BCUT2D eigenvalue weighted by Gasteiger charge is 2.21. The van der Waals surface area contributed by atoms with Gasteiger partial charge in [-0.05, 0) is 18.1 Å². The molecule has 0 saturated heterocycles. The second kappa shape index (κ2) is 6.64. The maximum absolute atomic E-state index is 12.0. The first kappa shape index (κ1) is 16.3. The van der Waals surface area contributed by atoms with Crippen molar-refractivity contribution in [3.8, 4) is 5.75 Å². The van der Waals surface area contributed by atoms with Gasteiger partial charge in [0.25, 0.3) is 0 Å². The molecule has 8 nitrogen and oxygen atoms in total. The smallest absolute Gasteiger partial charge is 0.312 e. The van der Waals surface area contributed by atoms with Crippen LogP contribution in [0.3, 0.4) is 0 Å². The van der Waals surface area contributed by atoms with E-state index in [1.807, 2.05) is 0 Å². The van der Waals surface area contributed by atoms with Gasteiger partial charge in [0.1, 0.15) is 0 Å². The number of aromatic hydroxyl groups is 1. The third-order valence-electron chi connectivity index (χ3n) is 2.53. The standard InChI is InChI=1S/C11H16N2O6S/c1-8(7-19-2)6-12-20(17,18)9-3-4-11(14)10(5-9)13(15)16/h3-5,8,12,14H,6-7H2,1-2H3. The second-order valence-electron chi connectivity index (χ2n) is 4.32. The minimum absolute atomic E-state index is 0.0399. The van der Waals surface area contributed by atoms with E-state index in [2.05, 4.69) is 4.72 Å². The molecule has 0 radical (unpaired) electrons. The van der Waals surface area contributed by atoms with Gasteiger partial charge in [0.15, 0.2) is 5.75 Å². The highest BCUT2D eigenvalue weighted by atomic mass is 32.2. The van der Waals surface area contributed by atoms with E-state index in [-0.39, 0.29) is 17.4 Å². The number of ether oxygens (including phenoxy) is 1. The van der Waals surface area contributed by atoms with Crippen molar-refractivity contribution in [1.29, 1.82) is 0 Å². The zero-order valence-corrected chi connectivity index (χ0v) is 11.9. The van der Waals surface area contributed by atoms with E-state index in [1.54, 1.807) is 6.92 Å². The van der Waals surface area contributed by atoms with Crippen LogP contribution in [0.15, 0.2) is 23.1 Å². The van der Waals surface area contributed by atoms with E-state index in [0.717, 1.165) is 18.2 Å². The summed E-state index contributed by atoms with van der Waals surface area (Å²) in [6.45, 7) is 2.33. The number of nitrogens with zero attached hydrogens (tertiary/aromatic N) is 1. The average Bonchev–Trinajstić information content (AvgIpc) is 2.37. The largest absolute Gasteiger partial charge is 0.502 e. The fourth-order valence-corrected chi connectivity index (χ4v) is 2.68. The first-order valence-electron chi connectivity index (χ1n) is 5.74. The van der Waals surface area contributed by atoms with Gasteiger partial charge in [0.05, 0.1) is 9.82 Å². The lowest BCUT2D eigenvalue weighted by molar-refractivity contribution is -0.386. The zero-order chi connectivity index (χ0) is 15.3. The van der Waals surface area contributed by atoms with E-state index in [4.69, 9.17) is 4.74 Å². The van der Waals surface area contributed by atoms with Crippen LogP contribution in [0.2, 0.25) is 0 Å². The number of nitro groups is 1. The van der Waals surface area contributed by atoms with Gasteiger partial charge in [-0.1, -0.05) is 6.92 Å². The SMILES string of the molecule is COCC(C)CNS(=O)(=O)c1ccc(O)c([N+](=O)[O-])c1. The van der Waals surface area contributed by atoms with Gasteiger partial charge < -0.3 is 9.84 Å². The fraction of sp³-hybridized carbons (Fsp3) is 0.455. The van der Waals surface area contributed by atoms with Crippen molar-refractivity contribution in [2.45, 2.75) is 11.8 Å². The highest BCUT2D eigenvalue weighted by molar-refractivity contribution is 7.89. The number of benzene rings is 1. The van der Waals surface area contributed by atoms with Gasteiger partial charge in [-0.15, -0.1) is 0 Å². The molecule has 1 aromatic carbocycles. The number of rotatable bonds is 7. The highest BCUT2D eigenvalue weighted by Crippen LogP contribution is 2.28. The molecule has 0 spiro atoms. The van der Waals surface area contributed by atoms with Gasteiger partial charge in [-0.2, -0.15) is 0 Å². The number of phenols is 1. The molecule has 20 heavy (non-hydrogen) atoms. The van der Waals surface area contributed by atoms with Crippen LogP contribution in [0.5, 0.6) is 5.75 Å². The second-order valence-corrected chi connectivity index (χ2v) is 6.09. The van der Waals surface area contributed by atoms with Crippen LogP contribution in [0.4, 0.5) is 5.69 Å². The Kier molecular flexibility index (Phi) is 5.43. The molecular formula is C11H16N2O6S. The minimum Gasteiger partial charge on any atom is -0.502 e. The van der Waals surface area contributed by atoms with E-state index >= 15 is 0 Å². The quantitative estimate of drug-likeness (QED) is 0.569. The molecule has 0 bridgehead atoms. The van der Waals surface area contributed by atoms with Crippen molar-refractivity contribution in [2.24, 2.45) is 5.92 Å². The van der Waals surface area contributed by atoms with Crippen LogP contribution in [0.1, 0.15) is 6.92 Å². The van der Waals surface area contributed by atoms with E-state index in [1.165, 1.54) is 7.11 Å². The molecule has 1 unspecified atom stereocenters. The van der Waals surface area contributed by atoms with Crippen molar-refractivity contribution in [2.75, 3.05) is 20.3 Å². The molecule has 1 rings (SSSR count). The molecule has 0 aliphatic rings. The molecule has 0 fully saturated rings. The summed E-state index contributed by atoms with van der Waals surface area (Å²) in [6, 6.07) is 2.90. The number of nitrogens with one attached hydrogen (secondary N) is 1. The Morgan fingerprint density at radius 3 is 2.70 bits per heavy atom. The molecule has 0 heterocycles. The van der Waals surface area contributed by atoms with Crippen molar-refractivity contribution >= 4 is 15.7 Å². The Hall–Kier alpha value is -1.71.